The van der Waals surface area contributed by atoms with Crippen LogP contribution in [0.1, 0.15) is 16.8 Å². The number of ether oxygens (including phenoxy) is 1. The van der Waals surface area contributed by atoms with Crippen LogP contribution in [0.25, 0.3) is 0 Å². The fourth-order valence-corrected chi connectivity index (χ4v) is 1.50. The summed E-state index contributed by atoms with van der Waals surface area (Å²) >= 11 is 0. The van der Waals surface area contributed by atoms with Gasteiger partial charge in [-0.2, -0.15) is 0 Å². The topological polar surface area (TPSA) is 77.2 Å². The number of rotatable bonds is 3. The molecule has 0 spiro atoms. The lowest BCUT2D eigenvalue weighted by Crippen LogP contribution is -2.20. The predicted octanol–water partition coefficient (Wildman–Crippen LogP) is -0.0788. The molecule has 1 saturated heterocycles. The third-order valence-corrected chi connectivity index (χ3v) is 2.32. The standard InChI is InChI=1S/C10H13N3O2/c11-10(14)7-1-2-9(13-5-7)15-8-3-4-12-6-8/h1-2,5,8,12H,3-4,6H2,(H2,11,14). The fraction of sp³-hybridized carbons (Fsp3) is 0.400. The molecule has 1 aliphatic rings. The quantitative estimate of drug-likeness (QED) is 0.726. The van der Waals surface area contributed by atoms with Crippen molar-refractivity contribution in [3.63, 3.8) is 0 Å². The van der Waals surface area contributed by atoms with Crippen molar-refractivity contribution in [1.29, 1.82) is 0 Å². The lowest BCUT2D eigenvalue weighted by atomic mass is 10.3. The van der Waals surface area contributed by atoms with Gasteiger partial charge in [0.2, 0.25) is 11.8 Å². The second-order valence-corrected chi connectivity index (χ2v) is 3.48. The van der Waals surface area contributed by atoms with Crippen LogP contribution >= 0.6 is 0 Å². The van der Waals surface area contributed by atoms with Gasteiger partial charge in [0, 0.05) is 18.8 Å². The second kappa shape index (κ2) is 4.27. The fourth-order valence-electron chi connectivity index (χ4n) is 1.50. The Labute approximate surface area is 87.6 Å². The van der Waals surface area contributed by atoms with E-state index in [4.69, 9.17) is 10.5 Å². The zero-order valence-electron chi connectivity index (χ0n) is 8.27. The van der Waals surface area contributed by atoms with Gasteiger partial charge in [0.05, 0.1) is 5.56 Å². The minimum atomic E-state index is -0.475. The van der Waals surface area contributed by atoms with Crippen LogP contribution in [0.5, 0.6) is 5.88 Å². The molecule has 5 nitrogen and oxygen atoms in total. The molecule has 15 heavy (non-hydrogen) atoms. The Hall–Kier alpha value is -1.62. The lowest BCUT2D eigenvalue weighted by Gasteiger charge is -2.10. The maximum absolute atomic E-state index is 10.8. The third-order valence-electron chi connectivity index (χ3n) is 2.32. The van der Waals surface area contributed by atoms with Crippen molar-refractivity contribution >= 4 is 5.91 Å². The molecule has 1 atom stereocenters. The molecular weight excluding hydrogens is 194 g/mol. The van der Waals surface area contributed by atoms with Gasteiger partial charge < -0.3 is 15.8 Å². The first-order valence-corrected chi connectivity index (χ1v) is 4.89. The Morgan fingerprint density at radius 2 is 2.47 bits per heavy atom. The van der Waals surface area contributed by atoms with Crippen LogP contribution in [0.4, 0.5) is 0 Å². The summed E-state index contributed by atoms with van der Waals surface area (Å²) in [5.41, 5.74) is 5.49. The van der Waals surface area contributed by atoms with Crippen LogP contribution in [0.3, 0.4) is 0 Å². The molecule has 5 heteroatoms. The number of carbonyl (C=O) groups is 1. The van der Waals surface area contributed by atoms with Gasteiger partial charge in [-0.25, -0.2) is 4.98 Å². The van der Waals surface area contributed by atoms with Crippen LogP contribution in [0, 0.1) is 0 Å². The summed E-state index contributed by atoms with van der Waals surface area (Å²) in [7, 11) is 0. The molecule has 1 aliphatic heterocycles. The van der Waals surface area contributed by atoms with Gasteiger partial charge >= 0.3 is 0 Å². The van der Waals surface area contributed by atoms with Crippen molar-refractivity contribution in [1.82, 2.24) is 10.3 Å². The number of nitrogens with one attached hydrogen (secondary N) is 1. The largest absolute Gasteiger partial charge is 0.473 e. The molecule has 0 aromatic carbocycles. The molecule has 2 rings (SSSR count). The number of hydrogen-bond acceptors (Lipinski definition) is 4. The van der Waals surface area contributed by atoms with Gasteiger partial charge in [-0.15, -0.1) is 0 Å². The first-order valence-electron chi connectivity index (χ1n) is 4.89. The van der Waals surface area contributed by atoms with E-state index in [2.05, 4.69) is 10.3 Å². The van der Waals surface area contributed by atoms with Crippen molar-refractivity contribution in [3.05, 3.63) is 23.9 Å². The van der Waals surface area contributed by atoms with Crippen LogP contribution in [0.15, 0.2) is 18.3 Å². The number of nitrogens with zero attached hydrogens (tertiary/aromatic N) is 1. The zero-order valence-corrected chi connectivity index (χ0v) is 8.27. The highest BCUT2D eigenvalue weighted by atomic mass is 16.5. The van der Waals surface area contributed by atoms with Crippen LogP contribution in [-0.2, 0) is 0 Å². The van der Waals surface area contributed by atoms with E-state index < -0.39 is 5.91 Å². The molecule has 1 fully saturated rings. The number of aromatic nitrogens is 1. The van der Waals surface area contributed by atoms with E-state index in [1.807, 2.05) is 0 Å². The maximum atomic E-state index is 10.8. The van der Waals surface area contributed by atoms with Gasteiger partial charge in [-0.3, -0.25) is 4.79 Å². The number of nitrogens with two attached hydrogens (primary N) is 1. The van der Waals surface area contributed by atoms with Gasteiger partial charge in [-0.05, 0) is 19.0 Å². The lowest BCUT2D eigenvalue weighted by molar-refractivity contribution is 0.1000. The van der Waals surface area contributed by atoms with Crippen molar-refractivity contribution in [2.24, 2.45) is 5.73 Å². The van der Waals surface area contributed by atoms with E-state index in [0.717, 1.165) is 19.5 Å². The Balaban J connectivity index is 2.00. The average Bonchev–Trinajstić information content (AvgIpc) is 2.71. The molecule has 3 N–H and O–H groups in total. The van der Waals surface area contributed by atoms with Gasteiger partial charge in [0.25, 0.3) is 0 Å². The Bertz CT molecular complexity index is 344. The molecule has 0 aliphatic carbocycles. The molecule has 1 aromatic heterocycles. The van der Waals surface area contributed by atoms with Crippen LogP contribution in [-0.4, -0.2) is 30.1 Å². The van der Waals surface area contributed by atoms with E-state index in [0.29, 0.717) is 11.4 Å². The highest BCUT2D eigenvalue weighted by Gasteiger charge is 2.16. The third kappa shape index (κ3) is 2.44. The minimum Gasteiger partial charge on any atom is -0.473 e. The van der Waals surface area contributed by atoms with E-state index in [1.165, 1.54) is 6.20 Å². The maximum Gasteiger partial charge on any atom is 0.250 e. The van der Waals surface area contributed by atoms with Crippen molar-refractivity contribution in [2.45, 2.75) is 12.5 Å². The first kappa shape index (κ1) is 9.92. The summed E-state index contributed by atoms with van der Waals surface area (Å²) in [6.45, 7) is 1.82. The SMILES string of the molecule is NC(=O)c1ccc(OC2CCNC2)nc1. The monoisotopic (exact) mass is 207 g/mol. The number of primary amides is 1. The minimum absolute atomic E-state index is 0.178. The Kier molecular flexibility index (Phi) is 2.82. The van der Waals surface area contributed by atoms with E-state index in [-0.39, 0.29) is 6.10 Å². The number of amides is 1. The average molecular weight is 207 g/mol. The number of hydrogen-bond donors (Lipinski definition) is 2. The van der Waals surface area contributed by atoms with Crippen LogP contribution in [0.2, 0.25) is 0 Å². The summed E-state index contributed by atoms with van der Waals surface area (Å²) in [6, 6.07) is 3.28. The van der Waals surface area contributed by atoms with Crippen molar-refractivity contribution in [3.8, 4) is 5.88 Å². The van der Waals surface area contributed by atoms with E-state index in [1.54, 1.807) is 12.1 Å². The summed E-state index contributed by atoms with van der Waals surface area (Å²) in [5, 5.41) is 3.20. The van der Waals surface area contributed by atoms with Gasteiger partial charge in [0.15, 0.2) is 0 Å². The molecule has 80 valence electrons. The second-order valence-electron chi connectivity index (χ2n) is 3.48. The molecule has 0 bridgehead atoms. The van der Waals surface area contributed by atoms with Crippen molar-refractivity contribution < 1.29 is 9.53 Å². The molecule has 1 amide bonds. The van der Waals surface area contributed by atoms with Gasteiger partial charge in [-0.1, -0.05) is 0 Å². The molecule has 1 aromatic rings. The Morgan fingerprint density at radius 1 is 1.60 bits per heavy atom. The highest BCUT2D eigenvalue weighted by Crippen LogP contribution is 2.12. The number of carbonyl (C=O) groups excluding carboxylic acids is 1. The normalized spacial score (nSPS) is 20.1. The molecule has 0 radical (unpaired) electrons. The first-order chi connectivity index (χ1) is 7.25. The highest BCUT2D eigenvalue weighted by molar-refractivity contribution is 5.92. The van der Waals surface area contributed by atoms with E-state index in [9.17, 15) is 4.79 Å². The number of pyridine rings is 1. The van der Waals surface area contributed by atoms with E-state index >= 15 is 0 Å². The molecule has 1 unspecified atom stereocenters. The molecule has 2 heterocycles. The summed E-state index contributed by atoms with van der Waals surface area (Å²) in [5.74, 6) is 0.0604. The van der Waals surface area contributed by atoms with Crippen LogP contribution < -0.4 is 15.8 Å². The molecule has 0 saturated carbocycles. The van der Waals surface area contributed by atoms with Crippen molar-refractivity contribution in [2.75, 3.05) is 13.1 Å². The zero-order chi connectivity index (χ0) is 10.7. The molecular formula is C10H13N3O2. The summed E-state index contributed by atoms with van der Waals surface area (Å²) < 4.78 is 5.58. The van der Waals surface area contributed by atoms with Gasteiger partial charge in [0.1, 0.15) is 6.10 Å². The Morgan fingerprint density at radius 3 is 3.00 bits per heavy atom. The summed E-state index contributed by atoms with van der Waals surface area (Å²) in [6.07, 6.45) is 2.59. The summed E-state index contributed by atoms with van der Waals surface area (Å²) in [4.78, 5) is 14.8. The smallest absolute Gasteiger partial charge is 0.250 e. The predicted molar refractivity (Wildman–Crippen MR) is 54.7 cm³/mol.